The number of fused-ring (bicyclic) bond motifs is 5. The van der Waals surface area contributed by atoms with Crippen LogP contribution >= 0.6 is 0 Å². The third kappa shape index (κ3) is 1.77. The molecule has 0 heterocycles. The number of hydrogen-bond acceptors (Lipinski definition) is 2. The average Bonchev–Trinajstić information content (AvgIpc) is 2.76. The fourth-order valence-corrected chi connectivity index (χ4v) is 6.82. The van der Waals surface area contributed by atoms with Crippen LogP contribution in [0.25, 0.3) is 0 Å². The van der Waals surface area contributed by atoms with Gasteiger partial charge in [-0.25, -0.2) is 0 Å². The van der Waals surface area contributed by atoms with Gasteiger partial charge in [0.05, 0.1) is 0 Å². The van der Waals surface area contributed by atoms with Crippen molar-refractivity contribution in [1.82, 2.24) is 0 Å². The van der Waals surface area contributed by atoms with Gasteiger partial charge >= 0.3 is 0 Å². The Bertz CT molecular complexity index is 496. The van der Waals surface area contributed by atoms with Gasteiger partial charge in [0.15, 0.2) is 0 Å². The molecule has 2 nitrogen and oxygen atoms in total. The SMILES string of the molecule is CC12CC[C@H]3C(CC[C@@H]4CC(=O)CCC43C)C1CCC2=O. The summed E-state index contributed by atoms with van der Waals surface area (Å²) in [6.45, 7) is 4.72. The van der Waals surface area contributed by atoms with Gasteiger partial charge in [0, 0.05) is 24.7 Å². The van der Waals surface area contributed by atoms with Gasteiger partial charge in [0.25, 0.3) is 0 Å². The molecular formula is C19H28O2. The molecule has 4 fully saturated rings. The summed E-state index contributed by atoms with van der Waals surface area (Å²) in [4.78, 5) is 24.2. The number of ketones is 2. The Morgan fingerprint density at radius 3 is 2.52 bits per heavy atom. The van der Waals surface area contributed by atoms with Crippen molar-refractivity contribution >= 4 is 11.6 Å². The fraction of sp³-hybridized carbons (Fsp3) is 0.895. The van der Waals surface area contributed by atoms with Gasteiger partial charge in [-0.15, -0.1) is 0 Å². The highest BCUT2D eigenvalue weighted by atomic mass is 16.1. The molecule has 0 aliphatic heterocycles. The first-order valence-electron chi connectivity index (χ1n) is 9.00. The number of carbonyl (C=O) groups excluding carboxylic acids is 2. The number of rotatable bonds is 0. The highest BCUT2D eigenvalue weighted by Crippen LogP contribution is 2.65. The quantitative estimate of drug-likeness (QED) is 0.670. The largest absolute Gasteiger partial charge is 0.300 e. The summed E-state index contributed by atoms with van der Waals surface area (Å²) in [5, 5.41) is 0. The standard InChI is InChI=1S/C19H28O2/c1-18-9-7-13(20)11-12(18)3-4-14-15-5-6-17(21)19(15,2)10-8-16(14)18/h12,14-16H,3-11H2,1-2H3/t12-,14?,15?,16+,18?,19?/m1/s1. The lowest BCUT2D eigenvalue weighted by atomic mass is 9.45. The van der Waals surface area contributed by atoms with Gasteiger partial charge in [-0.3, -0.25) is 9.59 Å². The van der Waals surface area contributed by atoms with E-state index in [4.69, 9.17) is 0 Å². The molecule has 0 aromatic heterocycles. The molecule has 2 heteroatoms. The van der Waals surface area contributed by atoms with Crippen molar-refractivity contribution in [3.05, 3.63) is 0 Å². The Labute approximate surface area is 128 Å². The van der Waals surface area contributed by atoms with E-state index in [0.29, 0.717) is 28.8 Å². The summed E-state index contributed by atoms with van der Waals surface area (Å²) in [5.74, 6) is 3.82. The maximum atomic E-state index is 12.4. The fourth-order valence-electron chi connectivity index (χ4n) is 6.82. The topological polar surface area (TPSA) is 34.1 Å². The molecule has 4 unspecified atom stereocenters. The zero-order chi connectivity index (χ0) is 14.8. The molecule has 0 amide bonds. The maximum Gasteiger partial charge on any atom is 0.139 e. The summed E-state index contributed by atoms with van der Waals surface area (Å²) < 4.78 is 0. The molecule has 0 bridgehead atoms. The van der Waals surface area contributed by atoms with Crippen molar-refractivity contribution in [2.75, 3.05) is 0 Å². The predicted molar refractivity (Wildman–Crippen MR) is 81.7 cm³/mol. The van der Waals surface area contributed by atoms with Gasteiger partial charge in [-0.05, 0) is 67.6 Å². The molecule has 0 N–H and O–H groups in total. The highest BCUT2D eigenvalue weighted by Gasteiger charge is 2.60. The van der Waals surface area contributed by atoms with Crippen LogP contribution < -0.4 is 0 Å². The Hall–Kier alpha value is -0.660. The molecule has 21 heavy (non-hydrogen) atoms. The van der Waals surface area contributed by atoms with Gasteiger partial charge in [-0.2, -0.15) is 0 Å². The molecule has 0 aromatic carbocycles. The lowest BCUT2D eigenvalue weighted by Gasteiger charge is -2.59. The molecule has 6 atom stereocenters. The Morgan fingerprint density at radius 1 is 0.905 bits per heavy atom. The zero-order valence-corrected chi connectivity index (χ0v) is 13.5. The summed E-state index contributed by atoms with van der Waals surface area (Å²) in [5.41, 5.74) is 0.374. The second-order valence-corrected chi connectivity index (χ2v) is 8.82. The van der Waals surface area contributed by atoms with Gasteiger partial charge in [-0.1, -0.05) is 13.8 Å². The van der Waals surface area contributed by atoms with E-state index in [1.807, 2.05) is 0 Å². The minimum Gasteiger partial charge on any atom is -0.300 e. The van der Waals surface area contributed by atoms with Crippen LogP contribution in [0.5, 0.6) is 0 Å². The van der Waals surface area contributed by atoms with Crippen molar-refractivity contribution in [2.24, 2.45) is 34.5 Å². The van der Waals surface area contributed by atoms with Crippen LogP contribution in [-0.2, 0) is 9.59 Å². The van der Waals surface area contributed by atoms with Crippen LogP contribution in [0.1, 0.15) is 71.6 Å². The average molecular weight is 288 g/mol. The van der Waals surface area contributed by atoms with E-state index in [1.165, 1.54) is 19.3 Å². The van der Waals surface area contributed by atoms with Gasteiger partial charge < -0.3 is 0 Å². The van der Waals surface area contributed by atoms with Gasteiger partial charge in [0.1, 0.15) is 11.6 Å². The van der Waals surface area contributed by atoms with Crippen LogP contribution in [0.4, 0.5) is 0 Å². The Balaban J connectivity index is 1.65. The smallest absolute Gasteiger partial charge is 0.139 e. The summed E-state index contributed by atoms with van der Waals surface area (Å²) in [6.07, 6.45) is 9.53. The molecule has 0 radical (unpaired) electrons. The molecule has 4 aliphatic carbocycles. The predicted octanol–water partition coefficient (Wildman–Crippen LogP) is 4.17. The van der Waals surface area contributed by atoms with Crippen molar-refractivity contribution in [2.45, 2.75) is 71.6 Å². The maximum absolute atomic E-state index is 12.4. The molecule has 0 saturated heterocycles. The van der Waals surface area contributed by atoms with E-state index in [-0.39, 0.29) is 5.41 Å². The van der Waals surface area contributed by atoms with Crippen LogP contribution in [-0.4, -0.2) is 11.6 Å². The first-order chi connectivity index (χ1) is 9.95. The van der Waals surface area contributed by atoms with Crippen molar-refractivity contribution in [1.29, 1.82) is 0 Å². The van der Waals surface area contributed by atoms with E-state index in [1.54, 1.807) is 0 Å². The molecule has 4 rings (SSSR count). The number of Topliss-reactive ketones (excluding diaryl/α,β-unsaturated/α-hetero) is 2. The van der Waals surface area contributed by atoms with Crippen LogP contribution in [0.3, 0.4) is 0 Å². The lowest BCUT2D eigenvalue weighted by Crippen LogP contribution is -2.53. The Kier molecular flexibility index (Phi) is 2.94. The minimum atomic E-state index is -0.00511. The molecular weight excluding hydrogens is 260 g/mol. The second kappa shape index (κ2) is 4.43. The molecule has 4 aliphatic rings. The van der Waals surface area contributed by atoms with Gasteiger partial charge in [0.2, 0.25) is 0 Å². The Morgan fingerprint density at radius 2 is 1.71 bits per heavy atom. The normalized spacial score (nSPS) is 53.0. The van der Waals surface area contributed by atoms with E-state index in [0.717, 1.165) is 50.4 Å². The van der Waals surface area contributed by atoms with Crippen molar-refractivity contribution in [3.8, 4) is 0 Å². The van der Waals surface area contributed by atoms with Crippen molar-refractivity contribution in [3.63, 3.8) is 0 Å². The van der Waals surface area contributed by atoms with E-state index in [9.17, 15) is 9.59 Å². The van der Waals surface area contributed by atoms with E-state index >= 15 is 0 Å². The highest BCUT2D eigenvalue weighted by molar-refractivity contribution is 5.87. The molecule has 0 aromatic rings. The number of carbonyl (C=O) groups is 2. The van der Waals surface area contributed by atoms with Crippen LogP contribution in [0.2, 0.25) is 0 Å². The molecule has 4 saturated carbocycles. The number of hydrogen-bond donors (Lipinski definition) is 0. The molecule has 116 valence electrons. The monoisotopic (exact) mass is 288 g/mol. The van der Waals surface area contributed by atoms with E-state index in [2.05, 4.69) is 13.8 Å². The summed E-state index contributed by atoms with van der Waals surface area (Å²) in [6, 6.07) is 0. The zero-order valence-electron chi connectivity index (χ0n) is 13.5. The lowest BCUT2D eigenvalue weighted by molar-refractivity contribution is -0.144. The third-order valence-corrected chi connectivity index (χ3v) is 8.19. The first-order valence-corrected chi connectivity index (χ1v) is 9.00. The molecule has 0 spiro atoms. The second-order valence-electron chi connectivity index (χ2n) is 8.82. The summed E-state index contributed by atoms with van der Waals surface area (Å²) >= 11 is 0. The van der Waals surface area contributed by atoms with Crippen molar-refractivity contribution < 1.29 is 9.59 Å². The van der Waals surface area contributed by atoms with Crippen LogP contribution in [0.15, 0.2) is 0 Å². The summed E-state index contributed by atoms with van der Waals surface area (Å²) in [7, 11) is 0. The van der Waals surface area contributed by atoms with Crippen LogP contribution in [0, 0.1) is 34.5 Å². The van der Waals surface area contributed by atoms with E-state index < -0.39 is 0 Å². The first kappa shape index (κ1) is 14.0. The minimum absolute atomic E-state index is 0.00511. The third-order valence-electron chi connectivity index (χ3n) is 8.19.